The lowest BCUT2D eigenvalue weighted by Crippen LogP contribution is -2.36. The second-order valence-electron chi connectivity index (χ2n) is 7.74. The van der Waals surface area contributed by atoms with Gasteiger partial charge in [0, 0.05) is 30.2 Å². The summed E-state index contributed by atoms with van der Waals surface area (Å²) in [6.07, 6.45) is 6.51. The van der Waals surface area contributed by atoms with Crippen LogP contribution >= 0.6 is 0 Å². The molecule has 1 heterocycles. The second kappa shape index (κ2) is 11.5. The van der Waals surface area contributed by atoms with Gasteiger partial charge in [-0.2, -0.15) is 0 Å². The largest absolute Gasteiger partial charge is 0.351 e. The average Bonchev–Trinajstić information content (AvgIpc) is 2.80. The summed E-state index contributed by atoms with van der Waals surface area (Å²) in [7, 11) is 0. The molecule has 0 unspecified atom stereocenters. The summed E-state index contributed by atoms with van der Waals surface area (Å²) in [4.78, 5) is 20.1. The topological polar surface area (TPSA) is 45.2 Å². The van der Waals surface area contributed by atoms with Crippen molar-refractivity contribution in [2.45, 2.75) is 39.5 Å². The van der Waals surface area contributed by atoms with Crippen molar-refractivity contribution in [1.29, 1.82) is 0 Å². The molecule has 0 fully saturated rings. The number of hydrogen-bond acceptors (Lipinski definition) is 3. The molecule has 0 saturated heterocycles. The number of hydrogen-bond donors (Lipinski definition) is 1. The Hall–Kier alpha value is -2.72. The van der Waals surface area contributed by atoms with Crippen LogP contribution in [0.1, 0.15) is 49.9 Å². The number of amides is 1. The molecule has 1 aromatic heterocycles. The quantitative estimate of drug-likeness (QED) is 0.458. The number of fused-ring (bicyclic) bond motifs is 1. The number of carbonyl (C=O) groups excluding carboxylic acids is 1. The standard InChI is InChI=1S/C26H33N3O/c1-3-5-17-29(18-6-4-2)19-16-27-26(30)24-20-28-25(21-12-8-7-9-13-21)23-15-11-10-14-22(23)24/h7-15,20H,3-6,16-19H2,1-2H3,(H,27,30). The summed E-state index contributed by atoms with van der Waals surface area (Å²) in [5.74, 6) is -0.0516. The van der Waals surface area contributed by atoms with E-state index in [0.717, 1.165) is 41.7 Å². The Balaban J connectivity index is 1.72. The molecule has 0 bridgehead atoms. The lowest BCUT2D eigenvalue weighted by Gasteiger charge is -2.22. The fraction of sp³-hybridized carbons (Fsp3) is 0.385. The molecule has 0 aliphatic carbocycles. The number of pyridine rings is 1. The Bertz CT molecular complexity index is 931. The smallest absolute Gasteiger partial charge is 0.253 e. The van der Waals surface area contributed by atoms with Crippen molar-refractivity contribution in [2.24, 2.45) is 0 Å². The van der Waals surface area contributed by atoms with E-state index in [1.807, 2.05) is 42.5 Å². The van der Waals surface area contributed by atoms with E-state index in [1.165, 1.54) is 25.7 Å². The molecule has 0 radical (unpaired) electrons. The highest BCUT2D eigenvalue weighted by Crippen LogP contribution is 2.28. The number of nitrogens with zero attached hydrogens (tertiary/aromatic N) is 2. The monoisotopic (exact) mass is 403 g/mol. The lowest BCUT2D eigenvalue weighted by molar-refractivity contribution is 0.0949. The predicted molar refractivity (Wildman–Crippen MR) is 126 cm³/mol. The maximum Gasteiger partial charge on any atom is 0.253 e. The third kappa shape index (κ3) is 5.67. The molecular weight excluding hydrogens is 370 g/mol. The third-order valence-electron chi connectivity index (χ3n) is 5.46. The highest BCUT2D eigenvalue weighted by atomic mass is 16.1. The summed E-state index contributed by atoms with van der Waals surface area (Å²) in [5, 5.41) is 5.06. The predicted octanol–water partition coefficient (Wildman–Crippen LogP) is 5.53. The average molecular weight is 404 g/mol. The summed E-state index contributed by atoms with van der Waals surface area (Å²) < 4.78 is 0. The van der Waals surface area contributed by atoms with Crippen molar-refractivity contribution >= 4 is 16.7 Å². The van der Waals surface area contributed by atoms with Gasteiger partial charge in [0.15, 0.2) is 0 Å². The second-order valence-corrected chi connectivity index (χ2v) is 7.74. The van der Waals surface area contributed by atoms with Gasteiger partial charge < -0.3 is 10.2 Å². The van der Waals surface area contributed by atoms with E-state index in [4.69, 9.17) is 0 Å². The van der Waals surface area contributed by atoms with Crippen LogP contribution in [0.3, 0.4) is 0 Å². The number of nitrogens with one attached hydrogen (secondary N) is 1. The minimum atomic E-state index is -0.0516. The van der Waals surface area contributed by atoms with Crippen LogP contribution in [-0.2, 0) is 0 Å². The molecule has 0 saturated carbocycles. The van der Waals surface area contributed by atoms with Crippen molar-refractivity contribution in [3.63, 3.8) is 0 Å². The normalized spacial score (nSPS) is 11.2. The van der Waals surface area contributed by atoms with Gasteiger partial charge in [-0.1, -0.05) is 81.3 Å². The van der Waals surface area contributed by atoms with Gasteiger partial charge in [-0.15, -0.1) is 0 Å². The van der Waals surface area contributed by atoms with E-state index in [0.29, 0.717) is 12.1 Å². The first kappa shape index (κ1) is 22.0. The van der Waals surface area contributed by atoms with E-state index in [-0.39, 0.29) is 5.91 Å². The van der Waals surface area contributed by atoms with Crippen molar-refractivity contribution < 1.29 is 4.79 Å². The number of benzene rings is 2. The fourth-order valence-electron chi connectivity index (χ4n) is 3.72. The molecule has 2 aromatic carbocycles. The summed E-state index contributed by atoms with van der Waals surface area (Å²) in [6.45, 7) is 8.18. The number of carbonyl (C=O) groups is 1. The zero-order chi connectivity index (χ0) is 21.2. The van der Waals surface area contributed by atoms with Crippen molar-refractivity contribution in [3.05, 3.63) is 66.4 Å². The Morgan fingerprint density at radius 2 is 1.50 bits per heavy atom. The Labute approximate surface area is 180 Å². The van der Waals surface area contributed by atoms with Gasteiger partial charge in [0.1, 0.15) is 0 Å². The number of rotatable bonds is 11. The zero-order valence-corrected chi connectivity index (χ0v) is 18.2. The SMILES string of the molecule is CCCCN(CCCC)CCNC(=O)c1cnc(-c2ccccc2)c2ccccc12. The van der Waals surface area contributed by atoms with E-state index in [2.05, 4.69) is 41.2 Å². The van der Waals surface area contributed by atoms with Gasteiger partial charge in [-0.25, -0.2) is 0 Å². The molecule has 158 valence electrons. The summed E-state index contributed by atoms with van der Waals surface area (Å²) >= 11 is 0. The molecule has 0 aliphatic heterocycles. The molecule has 4 nitrogen and oxygen atoms in total. The van der Waals surface area contributed by atoms with Gasteiger partial charge in [0.05, 0.1) is 11.3 Å². The molecular formula is C26H33N3O. The van der Waals surface area contributed by atoms with Crippen LogP contribution in [0.2, 0.25) is 0 Å². The summed E-state index contributed by atoms with van der Waals surface area (Å²) in [6, 6.07) is 18.1. The van der Waals surface area contributed by atoms with Crippen LogP contribution < -0.4 is 5.32 Å². The van der Waals surface area contributed by atoms with Crippen LogP contribution in [0.4, 0.5) is 0 Å². The first-order valence-electron chi connectivity index (χ1n) is 11.2. The van der Waals surface area contributed by atoms with Crippen LogP contribution in [-0.4, -0.2) is 42.0 Å². The van der Waals surface area contributed by atoms with Gasteiger partial charge in [-0.3, -0.25) is 9.78 Å². The van der Waals surface area contributed by atoms with Crippen molar-refractivity contribution in [2.75, 3.05) is 26.2 Å². The van der Waals surface area contributed by atoms with E-state index in [1.54, 1.807) is 6.20 Å². The molecule has 3 aromatic rings. The molecule has 1 amide bonds. The van der Waals surface area contributed by atoms with Crippen LogP contribution in [0.5, 0.6) is 0 Å². The molecule has 4 heteroatoms. The van der Waals surface area contributed by atoms with Crippen LogP contribution in [0, 0.1) is 0 Å². The summed E-state index contributed by atoms with van der Waals surface area (Å²) in [5.41, 5.74) is 2.61. The maximum atomic E-state index is 12.9. The molecule has 30 heavy (non-hydrogen) atoms. The number of aromatic nitrogens is 1. The maximum absolute atomic E-state index is 12.9. The first-order chi connectivity index (χ1) is 14.7. The highest BCUT2D eigenvalue weighted by molar-refractivity contribution is 6.09. The first-order valence-corrected chi connectivity index (χ1v) is 11.2. The highest BCUT2D eigenvalue weighted by Gasteiger charge is 2.14. The molecule has 0 spiro atoms. The Morgan fingerprint density at radius 1 is 0.867 bits per heavy atom. The molecule has 0 atom stereocenters. The molecule has 0 aliphatic rings. The van der Waals surface area contributed by atoms with E-state index >= 15 is 0 Å². The van der Waals surface area contributed by atoms with Gasteiger partial charge >= 0.3 is 0 Å². The van der Waals surface area contributed by atoms with Gasteiger partial charge in [-0.05, 0) is 31.3 Å². The number of unbranched alkanes of at least 4 members (excludes halogenated alkanes) is 2. The fourth-order valence-corrected chi connectivity index (χ4v) is 3.72. The Morgan fingerprint density at radius 3 is 2.17 bits per heavy atom. The van der Waals surface area contributed by atoms with E-state index < -0.39 is 0 Å². The van der Waals surface area contributed by atoms with Crippen molar-refractivity contribution in [1.82, 2.24) is 15.2 Å². The van der Waals surface area contributed by atoms with Gasteiger partial charge in [0.2, 0.25) is 0 Å². The Kier molecular flexibility index (Phi) is 8.40. The minimum absolute atomic E-state index is 0.0516. The van der Waals surface area contributed by atoms with Crippen LogP contribution in [0.15, 0.2) is 60.8 Å². The van der Waals surface area contributed by atoms with E-state index in [9.17, 15) is 4.79 Å². The third-order valence-corrected chi connectivity index (χ3v) is 5.46. The molecule has 3 rings (SSSR count). The molecule has 1 N–H and O–H groups in total. The van der Waals surface area contributed by atoms with Crippen LogP contribution in [0.25, 0.3) is 22.0 Å². The van der Waals surface area contributed by atoms with Crippen molar-refractivity contribution in [3.8, 4) is 11.3 Å². The minimum Gasteiger partial charge on any atom is -0.351 e. The zero-order valence-electron chi connectivity index (χ0n) is 18.2. The lowest BCUT2D eigenvalue weighted by atomic mass is 10.0. The van der Waals surface area contributed by atoms with Gasteiger partial charge in [0.25, 0.3) is 5.91 Å².